The quantitative estimate of drug-likeness (QED) is 0.499. The average molecular weight is 380 g/mol. The lowest BCUT2D eigenvalue weighted by molar-refractivity contribution is -0.138. The molecule has 1 aliphatic rings. The summed E-state index contributed by atoms with van der Waals surface area (Å²) >= 11 is 0. The molecule has 0 fully saturated rings. The highest BCUT2D eigenvalue weighted by Crippen LogP contribution is 2.25. The van der Waals surface area contributed by atoms with Gasteiger partial charge in [-0.3, -0.25) is 4.79 Å². The third-order valence-corrected chi connectivity index (χ3v) is 4.02. The van der Waals surface area contributed by atoms with Crippen molar-refractivity contribution in [3.63, 3.8) is 0 Å². The first-order chi connectivity index (χ1) is 13.4. The van der Waals surface area contributed by atoms with Crippen LogP contribution in [0.1, 0.15) is 35.3 Å². The first-order valence-electron chi connectivity index (χ1n) is 8.56. The van der Waals surface area contributed by atoms with Crippen LogP contribution in [0.25, 0.3) is 0 Å². The van der Waals surface area contributed by atoms with Crippen LogP contribution in [-0.2, 0) is 9.53 Å². The Morgan fingerprint density at radius 3 is 2.36 bits per heavy atom. The standard InChI is InChI=1S/C21H17FN2O4/c1-3-28-21(27)17(12(2)25)18-15-6-4-5-7-16(15)19(23-18)24-20(26)13-8-10-14(22)11-9-13/h4-11,25H,3H2,1-2H3. The molecule has 0 unspecified atom stereocenters. The SMILES string of the molecule is CCOC(=O)C(C1=NC(=NC(=O)c2ccc(F)cc2)c2ccccc21)=C(C)O. The van der Waals surface area contributed by atoms with Crippen LogP contribution in [-0.4, -0.2) is 35.1 Å². The van der Waals surface area contributed by atoms with Crippen molar-refractivity contribution in [3.05, 3.63) is 82.4 Å². The number of aliphatic hydroxyl groups excluding tert-OH is 1. The molecule has 28 heavy (non-hydrogen) atoms. The van der Waals surface area contributed by atoms with E-state index in [1.807, 2.05) is 0 Å². The van der Waals surface area contributed by atoms with Gasteiger partial charge in [0, 0.05) is 16.7 Å². The van der Waals surface area contributed by atoms with Gasteiger partial charge >= 0.3 is 5.97 Å². The Kier molecular flexibility index (Phi) is 5.44. The smallest absolute Gasteiger partial charge is 0.343 e. The highest BCUT2D eigenvalue weighted by atomic mass is 19.1. The summed E-state index contributed by atoms with van der Waals surface area (Å²) in [5.41, 5.74) is 1.38. The fraction of sp³-hybridized carbons (Fsp3) is 0.143. The predicted molar refractivity (Wildman–Crippen MR) is 102 cm³/mol. The van der Waals surface area contributed by atoms with E-state index in [0.717, 1.165) is 0 Å². The van der Waals surface area contributed by atoms with E-state index in [0.29, 0.717) is 11.1 Å². The molecule has 0 aliphatic carbocycles. The summed E-state index contributed by atoms with van der Waals surface area (Å²) in [4.78, 5) is 33.1. The van der Waals surface area contributed by atoms with Crippen molar-refractivity contribution >= 4 is 23.4 Å². The molecule has 0 atom stereocenters. The molecule has 1 heterocycles. The number of rotatable bonds is 4. The molecule has 142 valence electrons. The number of aliphatic hydroxyl groups is 1. The predicted octanol–water partition coefficient (Wildman–Crippen LogP) is 3.61. The van der Waals surface area contributed by atoms with Crippen LogP contribution in [0.4, 0.5) is 4.39 Å². The van der Waals surface area contributed by atoms with Gasteiger partial charge in [-0.25, -0.2) is 14.2 Å². The molecule has 1 N–H and O–H groups in total. The number of carbonyl (C=O) groups is 2. The zero-order valence-corrected chi connectivity index (χ0v) is 15.3. The van der Waals surface area contributed by atoms with Gasteiger partial charge in [0.2, 0.25) is 0 Å². The minimum Gasteiger partial charge on any atom is -0.512 e. The van der Waals surface area contributed by atoms with E-state index in [4.69, 9.17) is 4.74 Å². The van der Waals surface area contributed by atoms with E-state index in [9.17, 15) is 19.1 Å². The van der Waals surface area contributed by atoms with E-state index in [-0.39, 0.29) is 35.0 Å². The normalized spacial score (nSPS) is 15.0. The lowest BCUT2D eigenvalue weighted by atomic mass is 9.99. The second-order valence-corrected chi connectivity index (χ2v) is 5.93. The molecular formula is C21H17FN2O4. The number of nitrogens with zero attached hydrogens (tertiary/aromatic N) is 2. The second kappa shape index (κ2) is 7.96. The highest BCUT2D eigenvalue weighted by Gasteiger charge is 2.30. The second-order valence-electron chi connectivity index (χ2n) is 5.93. The largest absolute Gasteiger partial charge is 0.512 e. The van der Waals surface area contributed by atoms with Crippen molar-refractivity contribution in [2.24, 2.45) is 9.98 Å². The molecule has 0 radical (unpaired) electrons. The van der Waals surface area contributed by atoms with Gasteiger partial charge in [-0.15, -0.1) is 0 Å². The number of aliphatic imine (C=N–C) groups is 2. The van der Waals surface area contributed by atoms with Crippen molar-refractivity contribution in [3.8, 4) is 0 Å². The zero-order valence-electron chi connectivity index (χ0n) is 15.3. The molecule has 0 bridgehead atoms. The van der Waals surface area contributed by atoms with Crippen LogP contribution in [0, 0.1) is 5.82 Å². The summed E-state index contributed by atoms with van der Waals surface area (Å²) in [6.45, 7) is 3.14. The molecule has 0 saturated carbocycles. The molecule has 2 aromatic rings. The number of fused-ring (bicyclic) bond motifs is 1. The van der Waals surface area contributed by atoms with Gasteiger partial charge in [0.25, 0.3) is 5.91 Å². The first kappa shape index (κ1) is 19.2. The van der Waals surface area contributed by atoms with Crippen molar-refractivity contribution in [2.75, 3.05) is 6.61 Å². The van der Waals surface area contributed by atoms with E-state index < -0.39 is 17.7 Å². The molecule has 0 spiro atoms. The number of amidine groups is 1. The van der Waals surface area contributed by atoms with E-state index in [2.05, 4.69) is 9.98 Å². The molecule has 3 rings (SSSR count). The van der Waals surface area contributed by atoms with Gasteiger partial charge in [-0.1, -0.05) is 24.3 Å². The first-order valence-corrected chi connectivity index (χ1v) is 8.56. The Morgan fingerprint density at radius 1 is 1.11 bits per heavy atom. The third kappa shape index (κ3) is 3.73. The maximum atomic E-state index is 13.1. The molecule has 6 nitrogen and oxygen atoms in total. The fourth-order valence-corrected chi connectivity index (χ4v) is 2.76. The summed E-state index contributed by atoms with van der Waals surface area (Å²) in [5, 5.41) is 10.0. The summed E-state index contributed by atoms with van der Waals surface area (Å²) in [5.74, 6) is -1.93. The molecular weight excluding hydrogens is 363 g/mol. The summed E-state index contributed by atoms with van der Waals surface area (Å²) in [6.07, 6.45) is 0. The number of amides is 1. The van der Waals surface area contributed by atoms with Crippen molar-refractivity contribution < 1.29 is 23.8 Å². The van der Waals surface area contributed by atoms with Gasteiger partial charge in [0.1, 0.15) is 17.1 Å². The van der Waals surface area contributed by atoms with Crippen molar-refractivity contribution in [1.29, 1.82) is 0 Å². The molecule has 0 aromatic heterocycles. The summed E-state index contributed by atoms with van der Waals surface area (Å²) < 4.78 is 18.1. The van der Waals surface area contributed by atoms with Crippen LogP contribution in [0.5, 0.6) is 0 Å². The molecule has 1 amide bonds. The average Bonchev–Trinajstić information content (AvgIpc) is 3.00. The number of ether oxygens (including phenoxy) is 1. The van der Waals surface area contributed by atoms with Gasteiger partial charge in [0.05, 0.1) is 12.3 Å². The fourth-order valence-electron chi connectivity index (χ4n) is 2.76. The highest BCUT2D eigenvalue weighted by molar-refractivity contribution is 6.36. The Balaban J connectivity index is 2.08. The summed E-state index contributed by atoms with van der Waals surface area (Å²) in [7, 11) is 0. The number of esters is 1. The number of benzene rings is 2. The Morgan fingerprint density at radius 2 is 1.75 bits per heavy atom. The number of halogens is 1. The number of hydrogen-bond acceptors (Lipinski definition) is 4. The van der Waals surface area contributed by atoms with Gasteiger partial charge < -0.3 is 9.84 Å². The maximum absolute atomic E-state index is 13.1. The Labute approximate surface area is 160 Å². The van der Waals surface area contributed by atoms with Crippen LogP contribution in [0.15, 0.2) is 69.8 Å². The van der Waals surface area contributed by atoms with Crippen LogP contribution in [0.3, 0.4) is 0 Å². The van der Waals surface area contributed by atoms with Crippen LogP contribution in [0.2, 0.25) is 0 Å². The Hall–Kier alpha value is -3.61. The lowest BCUT2D eigenvalue weighted by Crippen LogP contribution is -2.18. The number of carbonyl (C=O) groups excluding carboxylic acids is 2. The monoisotopic (exact) mass is 380 g/mol. The number of hydrogen-bond donors (Lipinski definition) is 1. The van der Waals surface area contributed by atoms with Gasteiger partial charge in [-0.05, 0) is 38.1 Å². The van der Waals surface area contributed by atoms with Crippen LogP contribution >= 0.6 is 0 Å². The zero-order chi connectivity index (χ0) is 20.3. The minimum atomic E-state index is -0.720. The molecule has 1 aliphatic heterocycles. The van der Waals surface area contributed by atoms with E-state index in [1.54, 1.807) is 31.2 Å². The van der Waals surface area contributed by atoms with Gasteiger partial charge in [-0.2, -0.15) is 4.99 Å². The summed E-state index contributed by atoms with van der Waals surface area (Å²) in [6, 6.07) is 11.9. The lowest BCUT2D eigenvalue weighted by Gasteiger charge is -2.08. The topological polar surface area (TPSA) is 88.3 Å². The molecule has 7 heteroatoms. The van der Waals surface area contributed by atoms with Crippen molar-refractivity contribution in [2.45, 2.75) is 13.8 Å². The minimum absolute atomic E-state index is 0.0891. The molecule has 0 saturated heterocycles. The third-order valence-electron chi connectivity index (χ3n) is 4.02. The number of allylic oxidation sites excluding steroid dienone is 1. The van der Waals surface area contributed by atoms with E-state index in [1.165, 1.54) is 31.2 Å². The van der Waals surface area contributed by atoms with Gasteiger partial charge in [0.15, 0.2) is 5.84 Å². The van der Waals surface area contributed by atoms with Crippen LogP contribution < -0.4 is 0 Å². The van der Waals surface area contributed by atoms with E-state index >= 15 is 0 Å². The molecule has 2 aromatic carbocycles. The van der Waals surface area contributed by atoms with Crippen molar-refractivity contribution in [1.82, 2.24) is 0 Å². The maximum Gasteiger partial charge on any atom is 0.343 e. The Bertz CT molecular complexity index is 1030.